The zero-order valence-corrected chi connectivity index (χ0v) is 12.1. The van der Waals surface area contributed by atoms with Crippen LogP contribution in [0, 0.1) is 5.92 Å². The van der Waals surface area contributed by atoms with Gasteiger partial charge in [-0.3, -0.25) is 4.79 Å². The highest BCUT2D eigenvalue weighted by atomic mass is 16.4. The zero-order chi connectivity index (χ0) is 14.4. The number of aliphatic carboxylic acids is 1. The standard InChI is InChI=1S/C13H25N3O3/c1-10(4-5-12(17)18)8-14-13(19)16-7-6-15(3)11(2)9-16/h10-11H,4-9H2,1-3H3,(H,14,19)(H,17,18). The van der Waals surface area contributed by atoms with Crippen molar-refractivity contribution in [2.45, 2.75) is 32.7 Å². The molecule has 2 unspecified atom stereocenters. The Morgan fingerprint density at radius 3 is 2.68 bits per heavy atom. The Morgan fingerprint density at radius 1 is 1.42 bits per heavy atom. The molecule has 0 aromatic carbocycles. The normalized spacial score (nSPS) is 22.1. The van der Waals surface area contributed by atoms with Crippen LogP contribution in [0.25, 0.3) is 0 Å². The second kappa shape index (κ2) is 7.33. The molecule has 0 saturated carbocycles. The van der Waals surface area contributed by atoms with Crippen molar-refractivity contribution < 1.29 is 14.7 Å². The van der Waals surface area contributed by atoms with E-state index in [2.05, 4.69) is 24.2 Å². The van der Waals surface area contributed by atoms with E-state index >= 15 is 0 Å². The van der Waals surface area contributed by atoms with E-state index < -0.39 is 5.97 Å². The number of amides is 2. The smallest absolute Gasteiger partial charge is 0.317 e. The molecule has 2 atom stereocenters. The van der Waals surface area contributed by atoms with Crippen LogP contribution in [0.3, 0.4) is 0 Å². The van der Waals surface area contributed by atoms with Gasteiger partial charge in [0.05, 0.1) is 0 Å². The number of nitrogens with zero attached hydrogens (tertiary/aromatic N) is 2. The van der Waals surface area contributed by atoms with Gasteiger partial charge in [-0.15, -0.1) is 0 Å². The number of carboxylic acids is 1. The number of hydrogen-bond acceptors (Lipinski definition) is 3. The maximum absolute atomic E-state index is 12.0. The Morgan fingerprint density at radius 2 is 2.11 bits per heavy atom. The summed E-state index contributed by atoms with van der Waals surface area (Å²) in [5, 5.41) is 11.5. The summed E-state index contributed by atoms with van der Waals surface area (Å²) < 4.78 is 0. The van der Waals surface area contributed by atoms with Crippen molar-refractivity contribution in [3.8, 4) is 0 Å². The van der Waals surface area contributed by atoms with E-state index in [-0.39, 0.29) is 18.4 Å². The first-order valence-electron chi connectivity index (χ1n) is 6.85. The summed E-state index contributed by atoms with van der Waals surface area (Å²) >= 11 is 0. The Balaban J connectivity index is 2.25. The minimum Gasteiger partial charge on any atom is -0.481 e. The quantitative estimate of drug-likeness (QED) is 0.777. The number of carboxylic acid groups (broad SMARTS) is 1. The summed E-state index contributed by atoms with van der Waals surface area (Å²) in [6.45, 7) is 6.97. The van der Waals surface area contributed by atoms with Gasteiger partial charge in [0.1, 0.15) is 0 Å². The van der Waals surface area contributed by atoms with Crippen LogP contribution in [0.4, 0.5) is 4.79 Å². The van der Waals surface area contributed by atoms with Gasteiger partial charge >= 0.3 is 12.0 Å². The Kier molecular flexibility index (Phi) is 6.08. The summed E-state index contributed by atoms with van der Waals surface area (Å²) in [7, 11) is 2.06. The molecule has 0 spiro atoms. The molecule has 6 nitrogen and oxygen atoms in total. The number of nitrogens with one attached hydrogen (secondary N) is 1. The van der Waals surface area contributed by atoms with Gasteiger partial charge in [-0.1, -0.05) is 6.92 Å². The summed E-state index contributed by atoms with van der Waals surface area (Å²) in [6, 6.07) is 0.339. The molecule has 0 aromatic rings. The van der Waals surface area contributed by atoms with Crippen LogP contribution in [-0.4, -0.2) is 66.2 Å². The van der Waals surface area contributed by atoms with E-state index in [0.717, 1.165) is 19.6 Å². The summed E-state index contributed by atoms with van der Waals surface area (Å²) in [5.74, 6) is -0.601. The Bertz CT molecular complexity index is 322. The lowest BCUT2D eigenvalue weighted by Crippen LogP contribution is -2.54. The molecule has 6 heteroatoms. The van der Waals surface area contributed by atoms with Crippen molar-refractivity contribution in [2.24, 2.45) is 5.92 Å². The van der Waals surface area contributed by atoms with E-state index in [4.69, 9.17) is 5.11 Å². The molecule has 0 aromatic heterocycles. The minimum atomic E-state index is -0.786. The van der Waals surface area contributed by atoms with Crippen molar-refractivity contribution in [3.05, 3.63) is 0 Å². The number of carbonyl (C=O) groups excluding carboxylic acids is 1. The van der Waals surface area contributed by atoms with Crippen molar-refractivity contribution in [1.29, 1.82) is 0 Å². The summed E-state index contributed by atoms with van der Waals surface area (Å²) in [6.07, 6.45) is 0.747. The third-order valence-corrected chi connectivity index (χ3v) is 3.70. The van der Waals surface area contributed by atoms with Gasteiger partial charge in [0.25, 0.3) is 0 Å². The minimum absolute atomic E-state index is 0.0397. The Hall–Kier alpha value is -1.30. The zero-order valence-electron chi connectivity index (χ0n) is 12.1. The van der Waals surface area contributed by atoms with Gasteiger partial charge in [-0.05, 0) is 26.3 Å². The van der Waals surface area contributed by atoms with E-state index in [9.17, 15) is 9.59 Å². The van der Waals surface area contributed by atoms with Crippen LogP contribution in [0.2, 0.25) is 0 Å². The molecule has 1 saturated heterocycles. The fourth-order valence-corrected chi connectivity index (χ4v) is 2.08. The first-order valence-corrected chi connectivity index (χ1v) is 6.85. The second-order valence-corrected chi connectivity index (χ2v) is 5.50. The molecule has 1 heterocycles. The second-order valence-electron chi connectivity index (χ2n) is 5.50. The van der Waals surface area contributed by atoms with Crippen LogP contribution < -0.4 is 5.32 Å². The topological polar surface area (TPSA) is 72.9 Å². The number of piperazine rings is 1. The van der Waals surface area contributed by atoms with E-state index in [0.29, 0.717) is 19.0 Å². The number of likely N-dealkylation sites (N-methyl/N-ethyl adjacent to an activating group) is 1. The fraction of sp³-hybridized carbons (Fsp3) is 0.846. The molecule has 0 aliphatic carbocycles. The first kappa shape index (κ1) is 15.8. The van der Waals surface area contributed by atoms with Crippen molar-refractivity contribution in [2.75, 3.05) is 33.2 Å². The molecule has 110 valence electrons. The highest BCUT2D eigenvalue weighted by Gasteiger charge is 2.24. The molecular weight excluding hydrogens is 246 g/mol. The SMILES string of the molecule is CC(CCC(=O)O)CNC(=O)N1CCN(C)C(C)C1. The highest BCUT2D eigenvalue weighted by molar-refractivity contribution is 5.74. The van der Waals surface area contributed by atoms with Gasteiger partial charge in [-0.2, -0.15) is 0 Å². The Labute approximate surface area is 114 Å². The molecule has 1 aliphatic heterocycles. The lowest BCUT2D eigenvalue weighted by molar-refractivity contribution is -0.137. The van der Waals surface area contributed by atoms with E-state index in [1.807, 2.05) is 11.8 Å². The third kappa shape index (κ3) is 5.46. The molecule has 0 bridgehead atoms. The maximum atomic E-state index is 12.0. The molecule has 1 rings (SSSR count). The monoisotopic (exact) mass is 271 g/mol. The predicted molar refractivity (Wildman–Crippen MR) is 73.1 cm³/mol. The summed E-state index contributed by atoms with van der Waals surface area (Å²) in [4.78, 5) is 26.5. The lowest BCUT2D eigenvalue weighted by atomic mass is 10.1. The largest absolute Gasteiger partial charge is 0.481 e. The molecule has 2 N–H and O–H groups in total. The van der Waals surface area contributed by atoms with Gasteiger partial charge in [0.15, 0.2) is 0 Å². The molecule has 2 amide bonds. The van der Waals surface area contributed by atoms with Crippen LogP contribution in [-0.2, 0) is 4.79 Å². The van der Waals surface area contributed by atoms with Gasteiger partial charge in [0, 0.05) is 38.6 Å². The molecule has 1 fully saturated rings. The average molecular weight is 271 g/mol. The van der Waals surface area contributed by atoms with Crippen LogP contribution >= 0.6 is 0 Å². The van der Waals surface area contributed by atoms with Gasteiger partial charge < -0.3 is 20.2 Å². The van der Waals surface area contributed by atoms with Gasteiger partial charge in [-0.25, -0.2) is 4.79 Å². The molecule has 1 aliphatic rings. The number of rotatable bonds is 5. The maximum Gasteiger partial charge on any atom is 0.317 e. The van der Waals surface area contributed by atoms with E-state index in [1.165, 1.54) is 0 Å². The molecular formula is C13H25N3O3. The highest BCUT2D eigenvalue weighted by Crippen LogP contribution is 2.08. The van der Waals surface area contributed by atoms with Crippen LogP contribution in [0.5, 0.6) is 0 Å². The van der Waals surface area contributed by atoms with Crippen molar-refractivity contribution >= 4 is 12.0 Å². The first-order chi connectivity index (χ1) is 8.90. The molecule has 19 heavy (non-hydrogen) atoms. The number of hydrogen-bond donors (Lipinski definition) is 2. The lowest BCUT2D eigenvalue weighted by Gasteiger charge is -2.37. The number of urea groups is 1. The van der Waals surface area contributed by atoms with E-state index in [1.54, 1.807) is 0 Å². The molecule has 0 radical (unpaired) electrons. The van der Waals surface area contributed by atoms with Gasteiger partial charge in [0.2, 0.25) is 0 Å². The predicted octanol–water partition coefficient (Wildman–Crippen LogP) is 0.833. The third-order valence-electron chi connectivity index (χ3n) is 3.70. The van der Waals surface area contributed by atoms with Crippen LogP contribution in [0.1, 0.15) is 26.7 Å². The average Bonchev–Trinajstić information content (AvgIpc) is 2.36. The van der Waals surface area contributed by atoms with Crippen molar-refractivity contribution in [1.82, 2.24) is 15.1 Å². The summed E-state index contributed by atoms with van der Waals surface area (Å²) in [5.41, 5.74) is 0. The van der Waals surface area contributed by atoms with Crippen molar-refractivity contribution in [3.63, 3.8) is 0 Å². The number of carbonyl (C=O) groups is 2. The van der Waals surface area contributed by atoms with Crippen LogP contribution in [0.15, 0.2) is 0 Å². The fourth-order valence-electron chi connectivity index (χ4n) is 2.08.